The van der Waals surface area contributed by atoms with Crippen LogP contribution in [0.4, 0.5) is 9.18 Å². The minimum Gasteiger partial charge on any atom is -0.353 e. The number of halogens is 1. The SMILES string of the molecule is CN(CC(=O)NCCN1C(=O)S/C(=C\c2ccccc2F)C1=O)Cc1nc2ccccc2c(=O)[nH]1. The Morgan fingerprint density at radius 2 is 1.91 bits per heavy atom. The maximum absolute atomic E-state index is 13.8. The molecule has 2 aromatic carbocycles. The van der Waals surface area contributed by atoms with Gasteiger partial charge < -0.3 is 10.3 Å². The van der Waals surface area contributed by atoms with Gasteiger partial charge >= 0.3 is 0 Å². The molecule has 0 saturated carbocycles. The van der Waals surface area contributed by atoms with E-state index in [-0.39, 0.29) is 48.1 Å². The van der Waals surface area contributed by atoms with Crippen LogP contribution < -0.4 is 10.9 Å². The second-order valence-corrected chi connectivity index (χ2v) is 8.90. The van der Waals surface area contributed by atoms with Gasteiger partial charge in [0.1, 0.15) is 11.6 Å². The molecule has 180 valence electrons. The van der Waals surface area contributed by atoms with Crippen LogP contribution in [-0.2, 0) is 16.1 Å². The lowest BCUT2D eigenvalue weighted by molar-refractivity contribution is -0.124. The Morgan fingerprint density at radius 1 is 1.17 bits per heavy atom. The van der Waals surface area contributed by atoms with Gasteiger partial charge in [-0.1, -0.05) is 30.3 Å². The Kier molecular flexibility index (Phi) is 7.37. The maximum atomic E-state index is 13.8. The zero-order valence-corrected chi connectivity index (χ0v) is 19.6. The molecule has 0 bridgehead atoms. The van der Waals surface area contributed by atoms with Crippen molar-refractivity contribution in [1.29, 1.82) is 0 Å². The Labute approximate surface area is 204 Å². The Balaban J connectivity index is 1.27. The van der Waals surface area contributed by atoms with Gasteiger partial charge in [0.2, 0.25) is 5.91 Å². The summed E-state index contributed by atoms with van der Waals surface area (Å²) in [5.74, 6) is -0.896. The minimum atomic E-state index is -0.527. The van der Waals surface area contributed by atoms with Crippen LogP contribution in [0.2, 0.25) is 0 Å². The van der Waals surface area contributed by atoms with Crippen LogP contribution >= 0.6 is 11.8 Å². The number of hydrogen-bond donors (Lipinski definition) is 2. The molecule has 2 heterocycles. The number of para-hydroxylation sites is 1. The maximum Gasteiger partial charge on any atom is 0.293 e. The summed E-state index contributed by atoms with van der Waals surface area (Å²) in [6.45, 7) is 0.333. The fourth-order valence-electron chi connectivity index (χ4n) is 3.56. The number of carbonyl (C=O) groups excluding carboxylic acids is 3. The van der Waals surface area contributed by atoms with E-state index in [1.165, 1.54) is 24.3 Å². The van der Waals surface area contributed by atoms with Crippen LogP contribution in [0.3, 0.4) is 0 Å². The lowest BCUT2D eigenvalue weighted by Crippen LogP contribution is -2.40. The van der Waals surface area contributed by atoms with Gasteiger partial charge in [-0.3, -0.25) is 29.0 Å². The topological polar surface area (TPSA) is 115 Å². The van der Waals surface area contributed by atoms with Crippen molar-refractivity contribution >= 4 is 45.8 Å². The van der Waals surface area contributed by atoms with E-state index >= 15 is 0 Å². The Hall–Kier alpha value is -3.83. The number of rotatable bonds is 8. The number of benzene rings is 2. The lowest BCUT2D eigenvalue weighted by Gasteiger charge is -2.17. The number of imide groups is 1. The van der Waals surface area contributed by atoms with Crippen molar-refractivity contribution in [2.45, 2.75) is 6.54 Å². The van der Waals surface area contributed by atoms with E-state index in [4.69, 9.17) is 0 Å². The highest BCUT2D eigenvalue weighted by Crippen LogP contribution is 2.32. The van der Waals surface area contributed by atoms with Gasteiger partial charge in [0.05, 0.1) is 28.9 Å². The standard InChI is InChI=1S/C24H22FN5O4S/c1-29(13-20-27-18-9-5-3-7-16(18)22(32)28-20)14-21(31)26-10-11-30-23(33)19(35-24(30)34)12-15-6-2-4-8-17(15)25/h2-9,12H,10-11,13-14H2,1H3,(H,26,31)(H,27,28,32)/b19-12-. The first-order chi connectivity index (χ1) is 16.8. The molecule has 2 N–H and O–H groups in total. The van der Waals surface area contributed by atoms with Crippen molar-refractivity contribution in [2.24, 2.45) is 0 Å². The van der Waals surface area contributed by atoms with Gasteiger partial charge in [-0.15, -0.1) is 0 Å². The summed E-state index contributed by atoms with van der Waals surface area (Å²) in [7, 11) is 1.71. The van der Waals surface area contributed by atoms with Crippen LogP contribution in [0, 0.1) is 5.82 Å². The van der Waals surface area contributed by atoms with Gasteiger partial charge in [0, 0.05) is 18.7 Å². The van der Waals surface area contributed by atoms with E-state index in [1.807, 2.05) is 0 Å². The lowest BCUT2D eigenvalue weighted by atomic mass is 10.2. The van der Waals surface area contributed by atoms with Gasteiger partial charge in [0.25, 0.3) is 16.7 Å². The van der Waals surface area contributed by atoms with Crippen LogP contribution in [0.25, 0.3) is 17.0 Å². The second-order valence-electron chi connectivity index (χ2n) is 7.91. The number of aromatic amines is 1. The van der Waals surface area contributed by atoms with Gasteiger partial charge in [0.15, 0.2) is 0 Å². The predicted molar refractivity (Wildman–Crippen MR) is 131 cm³/mol. The largest absolute Gasteiger partial charge is 0.353 e. The molecule has 3 amide bonds. The molecule has 0 unspecified atom stereocenters. The third kappa shape index (κ3) is 5.81. The van der Waals surface area contributed by atoms with Crippen molar-refractivity contribution in [2.75, 3.05) is 26.7 Å². The number of nitrogens with one attached hydrogen (secondary N) is 2. The number of nitrogens with zero attached hydrogens (tertiary/aromatic N) is 3. The van der Waals surface area contributed by atoms with E-state index in [0.717, 1.165) is 16.7 Å². The van der Waals surface area contributed by atoms with E-state index in [1.54, 1.807) is 42.3 Å². The Bertz CT molecular complexity index is 1390. The van der Waals surface area contributed by atoms with Crippen molar-refractivity contribution < 1.29 is 18.8 Å². The number of amides is 3. The van der Waals surface area contributed by atoms with Crippen LogP contribution in [0.1, 0.15) is 11.4 Å². The normalized spacial score (nSPS) is 14.9. The molecule has 1 aliphatic heterocycles. The van der Waals surface area contributed by atoms with Crippen molar-refractivity contribution in [3.05, 3.63) is 81.0 Å². The number of hydrogen-bond acceptors (Lipinski definition) is 7. The molecule has 1 saturated heterocycles. The second kappa shape index (κ2) is 10.6. The molecule has 0 radical (unpaired) electrons. The van der Waals surface area contributed by atoms with Gasteiger partial charge in [-0.2, -0.15) is 0 Å². The highest BCUT2D eigenvalue weighted by Gasteiger charge is 2.34. The number of carbonyl (C=O) groups is 3. The molecule has 11 heteroatoms. The summed E-state index contributed by atoms with van der Waals surface area (Å²) in [4.78, 5) is 59.2. The smallest absolute Gasteiger partial charge is 0.293 e. The number of thioether (sulfide) groups is 1. The first-order valence-corrected chi connectivity index (χ1v) is 11.6. The quantitative estimate of drug-likeness (QED) is 0.461. The molecule has 9 nitrogen and oxygen atoms in total. The highest BCUT2D eigenvalue weighted by atomic mass is 32.2. The number of H-pyrrole nitrogens is 1. The average molecular weight is 496 g/mol. The third-order valence-electron chi connectivity index (χ3n) is 5.22. The fraction of sp³-hybridized carbons (Fsp3) is 0.208. The van der Waals surface area contributed by atoms with Crippen LogP contribution in [0.5, 0.6) is 0 Å². The van der Waals surface area contributed by atoms with E-state index in [0.29, 0.717) is 16.7 Å². The summed E-state index contributed by atoms with van der Waals surface area (Å²) in [6.07, 6.45) is 1.35. The molecule has 35 heavy (non-hydrogen) atoms. The summed E-state index contributed by atoms with van der Waals surface area (Å²) in [5, 5.41) is 2.69. The fourth-order valence-corrected chi connectivity index (χ4v) is 4.41. The zero-order chi connectivity index (χ0) is 24.9. The summed E-state index contributed by atoms with van der Waals surface area (Å²) in [6, 6.07) is 13.0. The van der Waals surface area contributed by atoms with Gasteiger partial charge in [-0.25, -0.2) is 9.37 Å². The van der Waals surface area contributed by atoms with E-state index in [9.17, 15) is 23.6 Å². The Morgan fingerprint density at radius 3 is 2.71 bits per heavy atom. The summed E-state index contributed by atoms with van der Waals surface area (Å²) < 4.78 is 13.8. The first-order valence-electron chi connectivity index (χ1n) is 10.7. The van der Waals surface area contributed by atoms with Crippen molar-refractivity contribution in [3.63, 3.8) is 0 Å². The molecule has 1 fully saturated rings. The molecule has 3 aromatic rings. The van der Waals surface area contributed by atoms with Crippen molar-refractivity contribution in [3.8, 4) is 0 Å². The molecule has 1 aromatic heterocycles. The number of likely N-dealkylation sites (N-methyl/N-ethyl adjacent to an activating group) is 1. The average Bonchev–Trinajstić information content (AvgIpc) is 3.08. The zero-order valence-electron chi connectivity index (χ0n) is 18.8. The molecule has 4 rings (SSSR count). The minimum absolute atomic E-state index is 0.00567. The van der Waals surface area contributed by atoms with Gasteiger partial charge in [-0.05, 0) is 43.1 Å². The van der Waals surface area contributed by atoms with Crippen LogP contribution in [-0.4, -0.2) is 63.5 Å². The van der Waals surface area contributed by atoms with E-state index in [2.05, 4.69) is 15.3 Å². The molecule has 0 spiro atoms. The van der Waals surface area contributed by atoms with Crippen molar-refractivity contribution in [1.82, 2.24) is 25.1 Å². The molecule has 1 aliphatic rings. The molecule has 0 atom stereocenters. The first kappa shape index (κ1) is 24.3. The third-order valence-corrected chi connectivity index (χ3v) is 6.13. The molecular formula is C24H22FN5O4S. The highest BCUT2D eigenvalue weighted by molar-refractivity contribution is 8.18. The predicted octanol–water partition coefficient (Wildman–Crippen LogP) is 2.35. The number of aromatic nitrogens is 2. The van der Waals surface area contributed by atoms with E-state index < -0.39 is 17.0 Å². The molecular weight excluding hydrogens is 473 g/mol. The number of fused-ring (bicyclic) bond motifs is 1. The monoisotopic (exact) mass is 495 g/mol. The van der Waals surface area contributed by atoms with Crippen LogP contribution in [0.15, 0.2) is 58.2 Å². The summed E-state index contributed by atoms with van der Waals surface area (Å²) >= 11 is 0.733. The molecule has 0 aliphatic carbocycles. The summed E-state index contributed by atoms with van der Waals surface area (Å²) in [5.41, 5.74) is 0.548.